The van der Waals surface area contributed by atoms with Gasteiger partial charge in [0.15, 0.2) is 0 Å². The highest BCUT2D eigenvalue weighted by Crippen LogP contribution is 1.99. The number of hydrogen-bond donors (Lipinski definition) is 0. The Balaban J connectivity index is 2.60. The van der Waals surface area contributed by atoms with Crippen molar-refractivity contribution in [3.63, 3.8) is 0 Å². The topological polar surface area (TPSA) is 0 Å². The summed E-state index contributed by atoms with van der Waals surface area (Å²) >= 11 is 0. The van der Waals surface area contributed by atoms with Crippen LogP contribution in [0.25, 0.3) is 0 Å². The van der Waals surface area contributed by atoms with E-state index in [1.807, 2.05) is 0 Å². The van der Waals surface area contributed by atoms with Crippen LogP contribution in [-0.2, 0) is 0 Å². The third kappa shape index (κ3) is 8.06. The minimum absolute atomic E-state index is 1.33. The maximum Gasteiger partial charge on any atom is -0.0594 e. The first-order chi connectivity index (χ1) is 4.41. The molecule has 2 radical (unpaired) electrons. The summed E-state index contributed by atoms with van der Waals surface area (Å²) in [7, 11) is 2.42. The molecule has 0 aliphatic carbocycles. The SMILES string of the molecule is CCCC[B-]CCCC. The molecule has 0 saturated heterocycles. The fraction of sp³-hybridized carbons (Fsp3) is 1.00. The molecule has 0 aromatic rings. The van der Waals surface area contributed by atoms with Gasteiger partial charge in [0.2, 0.25) is 0 Å². The van der Waals surface area contributed by atoms with Crippen LogP contribution >= 0.6 is 0 Å². The summed E-state index contributed by atoms with van der Waals surface area (Å²) in [5, 5.41) is 0. The summed E-state index contributed by atoms with van der Waals surface area (Å²) in [5.74, 6) is 0. The smallest absolute Gasteiger partial charge is 0.0594 e. The molecule has 0 unspecified atom stereocenters. The van der Waals surface area contributed by atoms with Crippen LogP contribution in [0, 0.1) is 0 Å². The highest BCUT2D eigenvalue weighted by molar-refractivity contribution is 6.35. The van der Waals surface area contributed by atoms with Crippen molar-refractivity contribution in [3.05, 3.63) is 0 Å². The first-order valence-corrected chi connectivity index (χ1v) is 4.23. The lowest BCUT2D eigenvalue weighted by atomic mass is 9.68. The van der Waals surface area contributed by atoms with Crippen molar-refractivity contribution >= 4 is 7.28 Å². The van der Waals surface area contributed by atoms with E-state index in [1.165, 1.54) is 38.3 Å². The predicted molar refractivity (Wildman–Crippen MR) is 45.2 cm³/mol. The van der Waals surface area contributed by atoms with Gasteiger partial charge in [-0.15, -0.1) is 0 Å². The second-order valence-electron chi connectivity index (χ2n) is 2.57. The minimum atomic E-state index is 1.33. The van der Waals surface area contributed by atoms with Crippen molar-refractivity contribution < 1.29 is 0 Å². The summed E-state index contributed by atoms with van der Waals surface area (Å²) in [4.78, 5) is 0. The summed E-state index contributed by atoms with van der Waals surface area (Å²) in [6, 6.07) is 0. The molecule has 0 aromatic carbocycles. The molecular formula is C8H18B-. The molecular weight excluding hydrogens is 107 g/mol. The molecule has 0 atom stereocenters. The van der Waals surface area contributed by atoms with Gasteiger partial charge in [-0.3, -0.25) is 0 Å². The monoisotopic (exact) mass is 125 g/mol. The second-order valence-corrected chi connectivity index (χ2v) is 2.57. The van der Waals surface area contributed by atoms with E-state index in [9.17, 15) is 0 Å². The molecule has 0 amide bonds. The number of hydrogen-bond acceptors (Lipinski definition) is 0. The van der Waals surface area contributed by atoms with E-state index in [0.717, 1.165) is 0 Å². The molecule has 54 valence electrons. The third-order valence-corrected chi connectivity index (χ3v) is 1.52. The second kappa shape index (κ2) is 8.06. The van der Waals surface area contributed by atoms with Crippen molar-refractivity contribution in [3.8, 4) is 0 Å². The molecule has 0 saturated carbocycles. The Morgan fingerprint density at radius 1 is 0.889 bits per heavy atom. The molecule has 0 heterocycles. The molecule has 0 aliphatic heterocycles. The fourth-order valence-electron chi connectivity index (χ4n) is 0.841. The van der Waals surface area contributed by atoms with Gasteiger partial charge in [-0.05, 0) is 0 Å². The highest BCUT2D eigenvalue weighted by Gasteiger charge is 1.73. The Hall–Kier alpha value is 0.0649. The van der Waals surface area contributed by atoms with Gasteiger partial charge < -0.3 is 7.28 Å². The van der Waals surface area contributed by atoms with Crippen LogP contribution in [-0.4, -0.2) is 7.28 Å². The number of rotatable bonds is 6. The van der Waals surface area contributed by atoms with Crippen LogP contribution in [0.3, 0.4) is 0 Å². The predicted octanol–water partition coefficient (Wildman–Crippen LogP) is 3.13. The van der Waals surface area contributed by atoms with Gasteiger partial charge in [-0.2, -0.15) is 0 Å². The summed E-state index contributed by atoms with van der Waals surface area (Å²) < 4.78 is 0. The zero-order valence-corrected chi connectivity index (χ0v) is 6.82. The summed E-state index contributed by atoms with van der Waals surface area (Å²) in [6.45, 7) is 4.49. The Bertz CT molecular complexity index is 37.8. The molecule has 0 fully saturated rings. The third-order valence-electron chi connectivity index (χ3n) is 1.52. The normalized spacial score (nSPS) is 10.0. The zero-order valence-electron chi connectivity index (χ0n) is 6.82. The molecule has 0 N–H and O–H groups in total. The van der Waals surface area contributed by atoms with E-state index >= 15 is 0 Å². The van der Waals surface area contributed by atoms with E-state index in [1.54, 1.807) is 0 Å². The first-order valence-electron chi connectivity index (χ1n) is 4.23. The lowest BCUT2D eigenvalue weighted by molar-refractivity contribution is 0.851. The largest absolute Gasteiger partial charge is 0.336 e. The standard InChI is InChI=1S/C8H18B/c1-3-5-7-9-8-6-4-2/h3-8H2,1-2H3/q-1. The van der Waals surface area contributed by atoms with E-state index in [2.05, 4.69) is 21.1 Å². The van der Waals surface area contributed by atoms with Gasteiger partial charge in [-0.25, -0.2) is 12.6 Å². The average molecular weight is 125 g/mol. The van der Waals surface area contributed by atoms with Gasteiger partial charge in [0.25, 0.3) is 0 Å². The number of unbranched alkanes of at least 4 members (excludes halogenated alkanes) is 2. The van der Waals surface area contributed by atoms with Crippen LogP contribution in [0.4, 0.5) is 0 Å². The van der Waals surface area contributed by atoms with Crippen LogP contribution in [0.5, 0.6) is 0 Å². The Morgan fingerprint density at radius 3 is 1.67 bits per heavy atom. The molecule has 0 spiro atoms. The fourth-order valence-corrected chi connectivity index (χ4v) is 0.841. The Morgan fingerprint density at radius 2 is 1.33 bits per heavy atom. The van der Waals surface area contributed by atoms with Crippen molar-refractivity contribution in [2.75, 3.05) is 0 Å². The van der Waals surface area contributed by atoms with Crippen molar-refractivity contribution in [1.29, 1.82) is 0 Å². The lowest BCUT2D eigenvalue weighted by Gasteiger charge is -2.10. The molecule has 0 aromatic heterocycles. The van der Waals surface area contributed by atoms with Crippen molar-refractivity contribution in [2.24, 2.45) is 0 Å². The maximum atomic E-state index is 2.42. The van der Waals surface area contributed by atoms with Crippen LogP contribution < -0.4 is 0 Å². The molecule has 0 rings (SSSR count). The van der Waals surface area contributed by atoms with Gasteiger partial charge in [0.1, 0.15) is 0 Å². The lowest BCUT2D eigenvalue weighted by Crippen LogP contribution is -1.87. The quantitative estimate of drug-likeness (QED) is 0.378. The van der Waals surface area contributed by atoms with Gasteiger partial charge >= 0.3 is 0 Å². The average Bonchev–Trinajstić information content (AvgIpc) is 1.89. The van der Waals surface area contributed by atoms with Crippen molar-refractivity contribution in [2.45, 2.75) is 52.2 Å². The van der Waals surface area contributed by atoms with Gasteiger partial charge in [0, 0.05) is 0 Å². The summed E-state index contributed by atoms with van der Waals surface area (Å²) in [6.07, 6.45) is 8.09. The summed E-state index contributed by atoms with van der Waals surface area (Å²) in [5.41, 5.74) is 0. The molecule has 0 aliphatic rings. The maximum absolute atomic E-state index is 2.42. The Kier molecular flexibility index (Phi) is 8.12. The van der Waals surface area contributed by atoms with E-state index in [0.29, 0.717) is 0 Å². The molecule has 9 heavy (non-hydrogen) atoms. The van der Waals surface area contributed by atoms with Crippen LogP contribution in [0.2, 0.25) is 12.6 Å². The minimum Gasteiger partial charge on any atom is -0.336 e. The molecule has 1 heteroatoms. The van der Waals surface area contributed by atoms with E-state index in [4.69, 9.17) is 0 Å². The van der Waals surface area contributed by atoms with E-state index < -0.39 is 0 Å². The van der Waals surface area contributed by atoms with Crippen LogP contribution in [0.15, 0.2) is 0 Å². The van der Waals surface area contributed by atoms with Gasteiger partial charge in [0.05, 0.1) is 0 Å². The molecule has 0 bridgehead atoms. The molecule has 0 nitrogen and oxygen atoms in total. The Labute approximate surface area is 60.3 Å². The highest BCUT2D eigenvalue weighted by atomic mass is 13.8. The van der Waals surface area contributed by atoms with Crippen molar-refractivity contribution in [1.82, 2.24) is 0 Å². The van der Waals surface area contributed by atoms with Gasteiger partial charge in [-0.1, -0.05) is 39.5 Å². The first kappa shape index (κ1) is 9.06. The zero-order chi connectivity index (χ0) is 6.95. The van der Waals surface area contributed by atoms with Crippen LogP contribution in [0.1, 0.15) is 39.5 Å². The van der Waals surface area contributed by atoms with E-state index in [-0.39, 0.29) is 0 Å².